The van der Waals surface area contributed by atoms with Crippen molar-refractivity contribution >= 4 is 29.5 Å². The molecule has 376 valence electrons. The van der Waals surface area contributed by atoms with E-state index in [0.29, 0.717) is 157 Å². The van der Waals surface area contributed by atoms with Gasteiger partial charge in [0, 0.05) is 84.0 Å². The average Bonchev–Trinajstić information content (AvgIpc) is 3.26. The van der Waals surface area contributed by atoms with Crippen molar-refractivity contribution in [3.05, 3.63) is 0 Å². The van der Waals surface area contributed by atoms with E-state index in [0.717, 1.165) is 12.8 Å². The summed E-state index contributed by atoms with van der Waals surface area (Å²) < 4.78 is 43.2. The summed E-state index contributed by atoms with van der Waals surface area (Å²) in [6, 6.07) is 0. The van der Waals surface area contributed by atoms with Crippen LogP contribution in [0.15, 0.2) is 0 Å². The molecule has 19 nitrogen and oxygen atoms in total. The lowest BCUT2D eigenvalue weighted by molar-refractivity contribution is -0.146. The van der Waals surface area contributed by atoms with Gasteiger partial charge in [0.2, 0.25) is 11.8 Å². The van der Waals surface area contributed by atoms with Crippen LogP contribution in [0.3, 0.4) is 0 Å². The quantitative estimate of drug-likeness (QED) is 0.0335. The second-order valence-corrected chi connectivity index (χ2v) is 15.3. The number of unbranched alkanes of at least 4 members (excludes halogenated alkanes) is 2. The number of carbonyl (C=O) groups excluding carboxylic acids is 5. The first-order valence-corrected chi connectivity index (χ1v) is 23.7. The number of aliphatic hydroxyl groups is 2. The highest BCUT2D eigenvalue weighted by atomic mass is 16.6. The number of ether oxygens (including phenoxy) is 8. The summed E-state index contributed by atoms with van der Waals surface area (Å²) in [5, 5.41) is 30.4. The Morgan fingerprint density at radius 2 is 1.03 bits per heavy atom. The van der Waals surface area contributed by atoms with E-state index in [1.165, 1.54) is 6.92 Å². The van der Waals surface area contributed by atoms with Crippen LogP contribution < -0.4 is 16.0 Å². The van der Waals surface area contributed by atoms with Crippen LogP contribution in [-0.4, -0.2) is 182 Å². The fraction of sp³-hybridized carbons (Fsp3) is 0.889. The van der Waals surface area contributed by atoms with E-state index >= 15 is 0 Å². The third kappa shape index (κ3) is 40.6. The minimum absolute atomic E-state index is 0.0114. The van der Waals surface area contributed by atoms with Crippen LogP contribution in [0.2, 0.25) is 0 Å². The van der Waals surface area contributed by atoms with Gasteiger partial charge in [-0.3, -0.25) is 29.4 Å². The first-order chi connectivity index (χ1) is 31.0. The maximum absolute atomic E-state index is 12.6. The van der Waals surface area contributed by atoms with Crippen molar-refractivity contribution in [1.29, 1.82) is 0 Å². The summed E-state index contributed by atoms with van der Waals surface area (Å²) in [6.07, 6.45) is 5.12. The molecule has 0 aromatic rings. The zero-order valence-electron chi connectivity index (χ0n) is 39.7. The fourth-order valence-corrected chi connectivity index (χ4v) is 6.04. The number of nitrogens with zero attached hydrogens (tertiary/aromatic N) is 1. The maximum Gasteiger partial charge on any atom is 0.305 e. The van der Waals surface area contributed by atoms with Crippen LogP contribution >= 0.6 is 0 Å². The highest BCUT2D eigenvalue weighted by Gasteiger charge is 2.21. The number of nitrogens with one attached hydrogen (secondary N) is 3. The van der Waals surface area contributed by atoms with E-state index in [1.54, 1.807) is 4.90 Å². The second kappa shape index (κ2) is 45.3. The van der Waals surface area contributed by atoms with Crippen LogP contribution in [0.4, 0.5) is 0 Å². The van der Waals surface area contributed by atoms with Crippen molar-refractivity contribution in [2.45, 2.75) is 130 Å². The summed E-state index contributed by atoms with van der Waals surface area (Å²) in [5.74, 6) is -1.19. The monoisotopic (exact) mass is 923 g/mol. The summed E-state index contributed by atoms with van der Waals surface area (Å²) in [5.41, 5.74) is 0. The highest BCUT2D eigenvalue weighted by molar-refractivity contribution is 5.76. The van der Waals surface area contributed by atoms with Crippen LogP contribution in [0, 0.1) is 5.92 Å². The maximum atomic E-state index is 12.6. The van der Waals surface area contributed by atoms with Crippen molar-refractivity contribution in [3.8, 4) is 0 Å². The molecule has 0 spiro atoms. The molecule has 0 heterocycles. The molecule has 19 heteroatoms. The van der Waals surface area contributed by atoms with Crippen molar-refractivity contribution < 1.29 is 72.1 Å². The molecule has 2 amide bonds. The topological polar surface area (TPSA) is 239 Å². The SMILES string of the molecule is CCCCC(=O)OCCN(CCOC(=O)CCC)C(O)CCC(=O)NCCCC[C@H](CC(C)=O)C(O)NCCCOCCOCCOCCCNC(=O)CCOCCOCCOCC. The number of ketones is 1. The summed E-state index contributed by atoms with van der Waals surface area (Å²) in [4.78, 5) is 61.7. The Hall–Kier alpha value is -2.85. The molecule has 0 rings (SSSR count). The van der Waals surface area contributed by atoms with E-state index in [2.05, 4.69) is 16.0 Å². The molecule has 0 aliphatic rings. The van der Waals surface area contributed by atoms with Crippen molar-refractivity contribution in [2.24, 2.45) is 5.92 Å². The van der Waals surface area contributed by atoms with Gasteiger partial charge in [0.25, 0.3) is 0 Å². The smallest absolute Gasteiger partial charge is 0.305 e. The number of esters is 2. The van der Waals surface area contributed by atoms with E-state index in [-0.39, 0.29) is 81.0 Å². The van der Waals surface area contributed by atoms with Crippen molar-refractivity contribution in [2.75, 3.05) is 125 Å². The van der Waals surface area contributed by atoms with Gasteiger partial charge in [-0.1, -0.05) is 26.7 Å². The Balaban J connectivity index is 4.08. The van der Waals surface area contributed by atoms with E-state index in [4.69, 9.17) is 37.9 Å². The predicted molar refractivity (Wildman–Crippen MR) is 240 cm³/mol. The van der Waals surface area contributed by atoms with Gasteiger partial charge >= 0.3 is 11.9 Å². The van der Waals surface area contributed by atoms with Gasteiger partial charge < -0.3 is 63.5 Å². The Morgan fingerprint density at radius 3 is 1.59 bits per heavy atom. The zero-order chi connectivity index (χ0) is 47.3. The molecule has 0 radical (unpaired) electrons. The normalized spacial score (nSPS) is 12.8. The molecule has 64 heavy (non-hydrogen) atoms. The van der Waals surface area contributed by atoms with Crippen LogP contribution in [0.1, 0.15) is 118 Å². The molecule has 0 aliphatic heterocycles. The molecule has 0 aromatic carbocycles. The highest BCUT2D eigenvalue weighted by Crippen LogP contribution is 2.17. The van der Waals surface area contributed by atoms with Crippen molar-refractivity contribution in [1.82, 2.24) is 20.9 Å². The largest absolute Gasteiger partial charge is 0.464 e. The third-order valence-corrected chi connectivity index (χ3v) is 9.61. The molecular formula is C45H86N4O15. The second-order valence-electron chi connectivity index (χ2n) is 15.3. The fourth-order valence-electron chi connectivity index (χ4n) is 6.04. The van der Waals surface area contributed by atoms with E-state index in [1.807, 2.05) is 20.8 Å². The standard InChI is InChI=1S/C45H86N4O15/c1-5-8-15-44(55)64-28-23-49(22-27-63-43(54)13-6-2)42(53)17-16-40(51)46-19-10-9-14-39(37-38(4)50)45(56)48-21-12-25-59-32-35-62-34-31-58-24-11-20-47-41(52)18-26-60-33-36-61-30-29-57-7-3/h39,42,45,48,53,56H,5-37H2,1-4H3,(H,46,51)(H,47,52)/t39-,42?,45?/m1/s1. The van der Waals surface area contributed by atoms with Gasteiger partial charge in [0.15, 0.2) is 0 Å². The Morgan fingerprint density at radius 1 is 0.516 bits per heavy atom. The molecule has 0 bridgehead atoms. The summed E-state index contributed by atoms with van der Waals surface area (Å²) in [7, 11) is 0. The summed E-state index contributed by atoms with van der Waals surface area (Å²) in [6.45, 7) is 15.1. The minimum Gasteiger partial charge on any atom is -0.464 e. The molecule has 0 saturated carbocycles. The first-order valence-electron chi connectivity index (χ1n) is 23.7. The molecule has 3 atom stereocenters. The van der Waals surface area contributed by atoms with Gasteiger partial charge in [-0.2, -0.15) is 0 Å². The number of rotatable bonds is 48. The van der Waals surface area contributed by atoms with Gasteiger partial charge in [-0.05, 0) is 65.3 Å². The molecule has 5 N–H and O–H groups in total. The first kappa shape index (κ1) is 61.1. The number of aliphatic hydroxyl groups excluding tert-OH is 2. The Kier molecular flexibility index (Phi) is 43.3. The predicted octanol–water partition coefficient (Wildman–Crippen LogP) is 2.66. The zero-order valence-corrected chi connectivity index (χ0v) is 39.7. The number of hydrogen-bond acceptors (Lipinski definition) is 17. The Bertz CT molecular complexity index is 1160. The van der Waals surface area contributed by atoms with Gasteiger partial charge in [-0.25, -0.2) is 0 Å². The number of hydrogen-bond donors (Lipinski definition) is 5. The lowest BCUT2D eigenvalue weighted by Gasteiger charge is -2.27. The minimum atomic E-state index is -1.00. The number of carbonyl (C=O) groups is 5. The molecular weight excluding hydrogens is 837 g/mol. The van der Waals surface area contributed by atoms with E-state index in [9.17, 15) is 34.2 Å². The molecule has 0 aliphatic carbocycles. The van der Waals surface area contributed by atoms with Gasteiger partial charge in [-0.15, -0.1) is 0 Å². The van der Waals surface area contributed by atoms with Crippen LogP contribution in [-0.2, 0) is 61.9 Å². The Labute approximate surface area is 383 Å². The lowest BCUT2D eigenvalue weighted by atomic mass is 9.94. The molecule has 0 aromatic heterocycles. The lowest BCUT2D eigenvalue weighted by Crippen LogP contribution is -2.41. The van der Waals surface area contributed by atoms with Crippen molar-refractivity contribution in [3.63, 3.8) is 0 Å². The molecule has 2 unspecified atom stereocenters. The van der Waals surface area contributed by atoms with Crippen LogP contribution in [0.25, 0.3) is 0 Å². The third-order valence-electron chi connectivity index (χ3n) is 9.61. The van der Waals surface area contributed by atoms with Gasteiger partial charge in [0.1, 0.15) is 31.5 Å². The average molecular weight is 923 g/mol. The summed E-state index contributed by atoms with van der Waals surface area (Å²) >= 11 is 0. The molecule has 0 saturated heterocycles. The number of Topliss-reactive ketones (excluding diaryl/α,β-unsaturated/α-hetero) is 1. The van der Waals surface area contributed by atoms with Gasteiger partial charge in [0.05, 0.1) is 59.5 Å². The van der Waals surface area contributed by atoms with E-state index < -0.39 is 12.5 Å². The molecule has 0 fully saturated rings. The number of amides is 2. The van der Waals surface area contributed by atoms with Crippen LogP contribution in [0.5, 0.6) is 0 Å².